The van der Waals surface area contributed by atoms with Crippen molar-refractivity contribution >= 4 is 0 Å². The van der Waals surface area contributed by atoms with Crippen molar-refractivity contribution in [2.75, 3.05) is 26.2 Å². The van der Waals surface area contributed by atoms with Crippen LogP contribution in [0.25, 0.3) is 0 Å². The topological polar surface area (TPSA) is 15.3 Å². The minimum absolute atomic E-state index is 0.760. The van der Waals surface area contributed by atoms with E-state index in [1.54, 1.807) is 0 Å². The van der Waals surface area contributed by atoms with E-state index in [4.69, 9.17) is 0 Å². The Labute approximate surface area is 125 Å². The highest BCUT2D eigenvalue weighted by Gasteiger charge is 2.32. The molecule has 0 radical (unpaired) electrons. The number of nitrogens with zero attached hydrogens (tertiary/aromatic N) is 1. The number of nitrogens with one attached hydrogen (secondary N) is 1. The van der Waals surface area contributed by atoms with Crippen molar-refractivity contribution in [3.63, 3.8) is 0 Å². The summed E-state index contributed by atoms with van der Waals surface area (Å²) in [6.45, 7) is 10.2. The van der Waals surface area contributed by atoms with Crippen molar-refractivity contribution in [1.82, 2.24) is 10.2 Å². The van der Waals surface area contributed by atoms with Crippen LogP contribution in [0.4, 0.5) is 0 Å². The van der Waals surface area contributed by atoms with E-state index in [-0.39, 0.29) is 0 Å². The third-order valence-electron chi connectivity index (χ3n) is 5.88. The number of piperidine rings is 1. The monoisotopic (exact) mass is 278 g/mol. The largest absolute Gasteiger partial charge is 0.312 e. The van der Waals surface area contributed by atoms with Gasteiger partial charge < -0.3 is 10.2 Å². The highest BCUT2D eigenvalue weighted by atomic mass is 15.2. The molecule has 1 heterocycles. The van der Waals surface area contributed by atoms with Crippen molar-refractivity contribution in [3.8, 4) is 0 Å². The van der Waals surface area contributed by atoms with Crippen LogP contribution in [0.15, 0.2) is 0 Å². The van der Waals surface area contributed by atoms with Gasteiger partial charge >= 0.3 is 0 Å². The van der Waals surface area contributed by atoms with Gasteiger partial charge in [-0.3, -0.25) is 0 Å². The zero-order valence-corrected chi connectivity index (χ0v) is 13.6. The summed E-state index contributed by atoms with van der Waals surface area (Å²) in [5, 5.41) is 3.93. The molecular formula is C18H34N2. The molecule has 1 N–H and O–H groups in total. The minimum Gasteiger partial charge on any atom is -0.312 e. The minimum atomic E-state index is 0.760. The van der Waals surface area contributed by atoms with E-state index >= 15 is 0 Å². The molecule has 2 atom stereocenters. The molecule has 0 bridgehead atoms. The highest BCUT2D eigenvalue weighted by Crippen LogP contribution is 2.32. The molecule has 0 aromatic rings. The van der Waals surface area contributed by atoms with E-state index in [1.165, 1.54) is 71.1 Å². The van der Waals surface area contributed by atoms with Gasteiger partial charge in [0.2, 0.25) is 0 Å². The maximum absolute atomic E-state index is 3.93. The predicted octanol–water partition coefficient (Wildman–Crippen LogP) is 3.52. The maximum atomic E-state index is 3.93. The standard InChI is InChI=1S/C18H34N2/c1-14(2)17-9-18(19-10-15-5-3-4-6-15)13-20(12-17)11-16-7-8-16/h14-19H,3-13H2,1-2H3. The Balaban J connectivity index is 1.48. The quantitative estimate of drug-likeness (QED) is 0.799. The van der Waals surface area contributed by atoms with Gasteiger partial charge in [-0.15, -0.1) is 0 Å². The van der Waals surface area contributed by atoms with Crippen LogP contribution >= 0.6 is 0 Å². The molecule has 0 spiro atoms. The van der Waals surface area contributed by atoms with Gasteiger partial charge in [-0.05, 0) is 62.3 Å². The van der Waals surface area contributed by atoms with Crippen LogP contribution in [0.5, 0.6) is 0 Å². The number of rotatable bonds is 6. The molecule has 3 aliphatic rings. The summed E-state index contributed by atoms with van der Waals surface area (Å²) >= 11 is 0. The van der Waals surface area contributed by atoms with Crippen molar-refractivity contribution in [2.24, 2.45) is 23.7 Å². The van der Waals surface area contributed by atoms with Crippen LogP contribution in [-0.2, 0) is 0 Å². The second kappa shape index (κ2) is 6.79. The Bertz CT molecular complexity index is 292. The summed E-state index contributed by atoms with van der Waals surface area (Å²) < 4.78 is 0. The Morgan fingerprint density at radius 3 is 2.40 bits per heavy atom. The van der Waals surface area contributed by atoms with Gasteiger partial charge in [-0.25, -0.2) is 0 Å². The van der Waals surface area contributed by atoms with Crippen molar-refractivity contribution < 1.29 is 0 Å². The van der Waals surface area contributed by atoms with Crippen molar-refractivity contribution in [2.45, 2.75) is 64.8 Å². The van der Waals surface area contributed by atoms with Crippen LogP contribution in [0, 0.1) is 23.7 Å². The summed E-state index contributed by atoms with van der Waals surface area (Å²) in [4.78, 5) is 2.78. The molecule has 3 fully saturated rings. The lowest BCUT2D eigenvalue weighted by Crippen LogP contribution is -2.51. The van der Waals surface area contributed by atoms with Crippen LogP contribution < -0.4 is 5.32 Å². The van der Waals surface area contributed by atoms with Gasteiger partial charge in [0.05, 0.1) is 0 Å². The molecule has 116 valence electrons. The van der Waals surface area contributed by atoms with Gasteiger partial charge in [0.1, 0.15) is 0 Å². The number of hydrogen-bond donors (Lipinski definition) is 1. The average molecular weight is 278 g/mol. The van der Waals surface area contributed by atoms with E-state index in [2.05, 4.69) is 24.1 Å². The average Bonchev–Trinajstić information content (AvgIpc) is 3.08. The SMILES string of the molecule is CC(C)C1CC(NCC2CCCC2)CN(CC2CC2)C1. The normalized spacial score (nSPS) is 33.1. The van der Waals surface area contributed by atoms with Gasteiger partial charge in [-0.1, -0.05) is 26.7 Å². The fourth-order valence-corrected chi connectivity index (χ4v) is 4.23. The van der Waals surface area contributed by atoms with E-state index in [0.717, 1.165) is 29.7 Å². The zero-order chi connectivity index (χ0) is 13.9. The molecule has 20 heavy (non-hydrogen) atoms. The number of hydrogen-bond acceptors (Lipinski definition) is 2. The van der Waals surface area contributed by atoms with Crippen LogP contribution in [-0.4, -0.2) is 37.1 Å². The fraction of sp³-hybridized carbons (Fsp3) is 1.00. The van der Waals surface area contributed by atoms with Gasteiger partial charge in [0.25, 0.3) is 0 Å². The summed E-state index contributed by atoms with van der Waals surface area (Å²) in [6.07, 6.45) is 10.3. The van der Waals surface area contributed by atoms with Crippen LogP contribution in [0.2, 0.25) is 0 Å². The molecule has 0 amide bonds. The van der Waals surface area contributed by atoms with Crippen LogP contribution in [0.1, 0.15) is 58.8 Å². The molecule has 2 nitrogen and oxygen atoms in total. The summed E-state index contributed by atoms with van der Waals surface area (Å²) in [7, 11) is 0. The first-order valence-electron chi connectivity index (χ1n) is 9.16. The molecule has 0 aromatic carbocycles. The van der Waals surface area contributed by atoms with Crippen molar-refractivity contribution in [3.05, 3.63) is 0 Å². The zero-order valence-electron chi connectivity index (χ0n) is 13.6. The molecular weight excluding hydrogens is 244 g/mol. The molecule has 2 saturated carbocycles. The smallest absolute Gasteiger partial charge is 0.0198 e. The second-order valence-corrected chi connectivity index (χ2v) is 8.16. The van der Waals surface area contributed by atoms with E-state index in [9.17, 15) is 0 Å². The van der Waals surface area contributed by atoms with Crippen molar-refractivity contribution in [1.29, 1.82) is 0 Å². The first kappa shape index (κ1) is 14.8. The Morgan fingerprint density at radius 2 is 1.75 bits per heavy atom. The Hall–Kier alpha value is -0.0800. The first-order valence-corrected chi connectivity index (χ1v) is 9.16. The molecule has 0 aromatic heterocycles. The maximum Gasteiger partial charge on any atom is 0.0198 e. The fourth-order valence-electron chi connectivity index (χ4n) is 4.23. The summed E-state index contributed by atoms with van der Waals surface area (Å²) in [5.74, 6) is 3.76. The predicted molar refractivity (Wildman–Crippen MR) is 85.9 cm³/mol. The lowest BCUT2D eigenvalue weighted by Gasteiger charge is -2.40. The van der Waals surface area contributed by atoms with E-state index < -0.39 is 0 Å². The second-order valence-electron chi connectivity index (χ2n) is 8.16. The van der Waals surface area contributed by atoms with Gasteiger partial charge in [0, 0.05) is 25.7 Å². The molecule has 1 aliphatic heterocycles. The summed E-state index contributed by atoms with van der Waals surface area (Å²) in [6, 6.07) is 0.760. The summed E-state index contributed by atoms with van der Waals surface area (Å²) in [5.41, 5.74) is 0. The molecule has 2 heteroatoms. The molecule has 1 saturated heterocycles. The van der Waals surface area contributed by atoms with E-state index in [1.807, 2.05) is 0 Å². The number of likely N-dealkylation sites (tertiary alicyclic amines) is 1. The Morgan fingerprint density at radius 1 is 1.00 bits per heavy atom. The lowest BCUT2D eigenvalue weighted by molar-refractivity contribution is 0.110. The lowest BCUT2D eigenvalue weighted by atomic mass is 9.85. The molecule has 2 aliphatic carbocycles. The first-order chi connectivity index (χ1) is 9.70. The molecule has 2 unspecified atom stereocenters. The van der Waals surface area contributed by atoms with Gasteiger partial charge in [0.15, 0.2) is 0 Å². The third-order valence-corrected chi connectivity index (χ3v) is 5.88. The van der Waals surface area contributed by atoms with E-state index in [0.29, 0.717) is 0 Å². The highest BCUT2D eigenvalue weighted by molar-refractivity contribution is 4.88. The Kier molecular flexibility index (Phi) is 5.04. The third kappa shape index (κ3) is 4.21. The van der Waals surface area contributed by atoms with Gasteiger partial charge in [-0.2, -0.15) is 0 Å². The molecule has 3 rings (SSSR count). The van der Waals surface area contributed by atoms with Crippen LogP contribution in [0.3, 0.4) is 0 Å².